The lowest BCUT2D eigenvalue weighted by atomic mass is 10.1. The molecule has 0 saturated heterocycles. The van der Waals surface area contributed by atoms with Crippen molar-refractivity contribution in [2.45, 2.75) is 33.3 Å². The summed E-state index contributed by atoms with van der Waals surface area (Å²) < 4.78 is 10.6. The number of hydrogen-bond acceptors (Lipinski definition) is 3. The molecular weight excluding hydrogens is 230 g/mol. The summed E-state index contributed by atoms with van der Waals surface area (Å²) in [6, 6.07) is 1.77. The van der Waals surface area contributed by atoms with Crippen LogP contribution in [0.4, 0.5) is 10.5 Å². The molecule has 1 aliphatic rings. The van der Waals surface area contributed by atoms with Gasteiger partial charge in [-0.3, -0.25) is 0 Å². The first-order valence-corrected chi connectivity index (χ1v) is 6.09. The van der Waals surface area contributed by atoms with Crippen molar-refractivity contribution in [1.29, 1.82) is 0 Å². The third kappa shape index (κ3) is 2.32. The maximum absolute atomic E-state index is 11.9. The molecule has 0 aliphatic carbocycles. The minimum atomic E-state index is -0.389. The van der Waals surface area contributed by atoms with Crippen molar-refractivity contribution in [1.82, 2.24) is 0 Å². The van der Waals surface area contributed by atoms with E-state index in [4.69, 9.17) is 9.15 Å². The molecule has 1 aliphatic heterocycles. The van der Waals surface area contributed by atoms with Crippen LogP contribution < -0.4 is 4.90 Å². The highest BCUT2D eigenvalue weighted by Gasteiger charge is 2.25. The number of rotatable bonds is 2. The number of ether oxygens (including phenoxy) is 1. The van der Waals surface area contributed by atoms with Crippen LogP contribution >= 0.6 is 0 Å². The molecule has 18 heavy (non-hydrogen) atoms. The van der Waals surface area contributed by atoms with Gasteiger partial charge in [0.2, 0.25) is 0 Å². The quantitative estimate of drug-likeness (QED) is 0.794. The molecule has 0 saturated carbocycles. The third-order valence-electron chi connectivity index (χ3n) is 2.53. The molecule has 96 valence electrons. The first kappa shape index (κ1) is 12.5. The molecule has 0 spiro atoms. The Bertz CT molecular complexity index is 497. The summed E-state index contributed by atoms with van der Waals surface area (Å²) in [7, 11) is 0. The van der Waals surface area contributed by atoms with Gasteiger partial charge < -0.3 is 9.15 Å². The number of carbonyl (C=O) groups excluding carboxylic acids is 1. The number of fused-ring (bicyclic) bond motifs is 1. The molecule has 0 N–H and O–H groups in total. The Morgan fingerprint density at radius 1 is 1.56 bits per heavy atom. The molecule has 0 bridgehead atoms. The topological polar surface area (TPSA) is 42.7 Å². The number of allylic oxidation sites excluding steroid dienone is 3. The largest absolute Gasteiger partial charge is 0.462 e. The number of amides is 1. The second-order valence-electron chi connectivity index (χ2n) is 4.32. The fourth-order valence-corrected chi connectivity index (χ4v) is 1.82. The first-order valence-electron chi connectivity index (χ1n) is 6.09. The van der Waals surface area contributed by atoms with Gasteiger partial charge in [0, 0.05) is 17.8 Å². The Balaban J connectivity index is 2.30. The van der Waals surface area contributed by atoms with Crippen molar-refractivity contribution in [3.63, 3.8) is 0 Å². The van der Waals surface area contributed by atoms with E-state index in [0.717, 1.165) is 17.7 Å². The average molecular weight is 247 g/mol. The molecule has 2 heterocycles. The zero-order valence-electron chi connectivity index (χ0n) is 10.8. The van der Waals surface area contributed by atoms with Crippen LogP contribution in [0, 0.1) is 0 Å². The smallest absolute Gasteiger partial charge is 0.418 e. The van der Waals surface area contributed by atoms with Crippen LogP contribution in [0.2, 0.25) is 0 Å². The molecule has 0 aromatic carbocycles. The lowest BCUT2D eigenvalue weighted by molar-refractivity contribution is 0.124. The van der Waals surface area contributed by atoms with Gasteiger partial charge in [0.25, 0.3) is 0 Å². The summed E-state index contributed by atoms with van der Waals surface area (Å²) in [6.45, 7) is 5.71. The Morgan fingerprint density at radius 2 is 2.33 bits per heavy atom. The second-order valence-corrected chi connectivity index (χ2v) is 4.32. The zero-order valence-corrected chi connectivity index (χ0v) is 10.8. The van der Waals surface area contributed by atoms with Crippen molar-refractivity contribution in [2.75, 3.05) is 4.90 Å². The average Bonchev–Trinajstić information content (AvgIpc) is 2.77. The number of nitrogens with zero attached hydrogens (tertiary/aromatic N) is 1. The van der Waals surface area contributed by atoms with Crippen molar-refractivity contribution in [3.8, 4) is 0 Å². The van der Waals surface area contributed by atoms with Gasteiger partial charge in [-0.05, 0) is 26.3 Å². The maximum Gasteiger partial charge on any atom is 0.418 e. The number of anilines is 1. The standard InChI is InChI=1S/C14H17NO3/c1-4-5-11-6-8-15(14(16)18-10(2)3)12-7-9-17-13(11)12/h5-10H,4H2,1-3H3/b11-5+. The van der Waals surface area contributed by atoms with E-state index in [9.17, 15) is 4.79 Å². The summed E-state index contributed by atoms with van der Waals surface area (Å²) in [6.07, 6.45) is 7.59. The van der Waals surface area contributed by atoms with Crippen molar-refractivity contribution < 1.29 is 13.9 Å². The maximum atomic E-state index is 11.9. The Hall–Kier alpha value is -1.97. The predicted molar refractivity (Wildman–Crippen MR) is 70.2 cm³/mol. The van der Waals surface area contributed by atoms with E-state index in [1.807, 2.05) is 19.9 Å². The summed E-state index contributed by atoms with van der Waals surface area (Å²) in [4.78, 5) is 13.4. The molecule has 0 radical (unpaired) electrons. The number of furan rings is 1. The lowest BCUT2D eigenvalue weighted by Gasteiger charge is -2.22. The van der Waals surface area contributed by atoms with Crippen molar-refractivity contribution >= 4 is 17.4 Å². The normalized spacial score (nSPS) is 16.2. The Kier molecular flexibility index (Phi) is 3.55. The summed E-state index contributed by atoms with van der Waals surface area (Å²) in [5.41, 5.74) is 1.72. The van der Waals surface area contributed by atoms with Gasteiger partial charge in [-0.1, -0.05) is 13.0 Å². The predicted octanol–water partition coefficient (Wildman–Crippen LogP) is 3.95. The first-order chi connectivity index (χ1) is 8.63. The highest BCUT2D eigenvalue weighted by atomic mass is 16.6. The van der Waals surface area contributed by atoms with Gasteiger partial charge in [-0.15, -0.1) is 0 Å². The fourth-order valence-electron chi connectivity index (χ4n) is 1.82. The molecule has 1 aromatic heterocycles. The Morgan fingerprint density at radius 3 is 3.00 bits per heavy atom. The molecule has 1 aromatic rings. The van der Waals surface area contributed by atoms with E-state index < -0.39 is 0 Å². The monoisotopic (exact) mass is 247 g/mol. The molecule has 0 atom stereocenters. The van der Waals surface area contributed by atoms with Gasteiger partial charge in [0.1, 0.15) is 0 Å². The SMILES string of the molecule is CC/C=C1\C=CN(C(=O)OC(C)C)c2ccoc21. The van der Waals surface area contributed by atoms with Crippen LogP contribution in [0.15, 0.2) is 35.1 Å². The van der Waals surface area contributed by atoms with Crippen LogP contribution in [0.25, 0.3) is 5.57 Å². The van der Waals surface area contributed by atoms with Crippen LogP contribution in [0.3, 0.4) is 0 Å². The summed E-state index contributed by atoms with van der Waals surface area (Å²) in [5.74, 6) is 0.708. The van der Waals surface area contributed by atoms with Crippen LogP contribution in [0.1, 0.15) is 33.0 Å². The van der Waals surface area contributed by atoms with E-state index >= 15 is 0 Å². The minimum Gasteiger partial charge on any atom is -0.462 e. The van der Waals surface area contributed by atoms with Gasteiger partial charge in [0.05, 0.1) is 18.1 Å². The molecule has 0 fully saturated rings. The molecule has 2 rings (SSSR count). The zero-order chi connectivity index (χ0) is 13.1. The van der Waals surface area contributed by atoms with E-state index in [1.165, 1.54) is 4.90 Å². The lowest BCUT2D eigenvalue weighted by Crippen LogP contribution is -2.29. The van der Waals surface area contributed by atoms with Gasteiger partial charge >= 0.3 is 6.09 Å². The molecule has 4 heteroatoms. The van der Waals surface area contributed by atoms with Crippen LogP contribution in [-0.4, -0.2) is 12.2 Å². The van der Waals surface area contributed by atoms with E-state index in [-0.39, 0.29) is 12.2 Å². The van der Waals surface area contributed by atoms with Crippen molar-refractivity contribution in [3.05, 3.63) is 36.4 Å². The molecule has 4 nitrogen and oxygen atoms in total. The van der Waals surface area contributed by atoms with E-state index in [2.05, 4.69) is 13.0 Å². The van der Waals surface area contributed by atoms with Gasteiger partial charge in [-0.2, -0.15) is 0 Å². The summed E-state index contributed by atoms with van der Waals surface area (Å²) >= 11 is 0. The fraction of sp³-hybridized carbons (Fsp3) is 0.357. The van der Waals surface area contributed by atoms with Crippen LogP contribution in [-0.2, 0) is 4.74 Å². The highest BCUT2D eigenvalue weighted by molar-refractivity contribution is 5.97. The second kappa shape index (κ2) is 5.12. The van der Waals surface area contributed by atoms with Gasteiger partial charge in [-0.25, -0.2) is 9.69 Å². The van der Waals surface area contributed by atoms with Crippen molar-refractivity contribution in [2.24, 2.45) is 0 Å². The number of hydrogen-bond donors (Lipinski definition) is 0. The molecule has 1 amide bonds. The minimum absolute atomic E-state index is 0.145. The van der Waals surface area contributed by atoms with E-state index in [0.29, 0.717) is 5.76 Å². The molecular formula is C14H17NO3. The van der Waals surface area contributed by atoms with Crippen LogP contribution in [0.5, 0.6) is 0 Å². The highest BCUT2D eigenvalue weighted by Crippen LogP contribution is 2.34. The number of carbonyl (C=O) groups is 1. The van der Waals surface area contributed by atoms with E-state index in [1.54, 1.807) is 18.5 Å². The molecule has 0 unspecified atom stereocenters. The third-order valence-corrected chi connectivity index (χ3v) is 2.53. The van der Waals surface area contributed by atoms with Gasteiger partial charge in [0.15, 0.2) is 5.76 Å². The Labute approximate surface area is 107 Å². The summed E-state index contributed by atoms with van der Waals surface area (Å²) in [5, 5.41) is 0.